The maximum absolute atomic E-state index is 15.4. The highest BCUT2D eigenvalue weighted by Crippen LogP contribution is 2.33. The first-order valence-electron chi connectivity index (χ1n) is 15.0. The van der Waals surface area contributed by atoms with Crippen molar-refractivity contribution >= 4 is 39.5 Å². The first kappa shape index (κ1) is 33.3. The second-order valence-electron chi connectivity index (χ2n) is 11.5. The number of nitrogens with one attached hydrogen (secondary N) is 1. The quantitative estimate of drug-likeness (QED) is 0.247. The van der Waals surface area contributed by atoms with Gasteiger partial charge in [-0.2, -0.15) is 13.2 Å². The summed E-state index contributed by atoms with van der Waals surface area (Å²) < 4.78 is 63.4. The van der Waals surface area contributed by atoms with Gasteiger partial charge in [0.05, 0.1) is 35.4 Å². The molecular weight excluding hydrogens is 652 g/mol. The van der Waals surface area contributed by atoms with Crippen molar-refractivity contribution in [2.45, 2.75) is 31.6 Å². The highest BCUT2D eigenvalue weighted by Gasteiger charge is 2.45. The summed E-state index contributed by atoms with van der Waals surface area (Å²) in [5.41, 5.74) is -1.02. The molecule has 49 heavy (non-hydrogen) atoms. The summed E-state index contributed by atoms with van der Waals surface area (Å²) in [6.07, 6.45) is -2.06. The van der Waals surface area contributed by atoms with Crippen molar-refractivity contribution in [2.75, 3.05) is 24.7 Å². The molecule has 4 heterocycles. The lowest BCUT2D eigenvalue weighted by atomic mass is 9.99. The van der Waals surface area contributed by atoms with Crippen molar-refractivity contribution < 1.29 is 37.0 Å². The van der Waals surface area contributed by atoms with E-state index in [2.05, 4.69) is 15.3 Å². The molecule has 2 unspecified atom stereocenters. The van der Waals surface area contributed by atoms with Gasteiger partial charge in [0.15, 0.2) is 0 Å². The van der Waals surface area contributed by atoms with Gasteiger partial charge < -0.3 is 20.1 Å². The van der Waals surface area contributed by atoms with E-state index in [1.165, 1.54) is 55.2 Å². The van der Waals surface area contributed by atoms with Gasteiger partial charge in [-0.1, -0.05) is 12.1 Å². The monoisotopic (exact) mass is 680 g/mol. The number of amides is 1. The Morgan fingerprint density at radius 2 is 1.80 bits per heavy atom. The molecule has 2 N–H and O–H groups in total. The molecule has 0 radical (unpaired) electrons. The smallest absolute Gasteiger partial charge is 0.411 e. The predicted molar refractivity (Wildman–Crippen MR) is 170 cm³/mol. The third-order valence-corrected chi connectivity index (χ3v) is 8.46. The van der Waals surface area contributed by atoms with Crippen LogP contribution in [-0.2, 0) is 23.0 Å². The average Bonchev–Trinajstić information content (AvgIpc) is 3.07. The number of pyridine rings is 2. The van der Waals surface area contributed by atoms with E-state index >= 15 is 4.39 Å². The second kappa shape index (κ2) is 12.8. The average molecular weight is 681 g/mol. The van der Waals surface area contributed by atoms with Crippen LogP contribution in [-0.4, -0.2) is 74.1 Å². The number of carboxylic acid groups (broad SMARTS) is 1. The maximum atomic E-state index is 15.4. The van der Waals surface area contributed by atoms with Gasteiger partial charge in [-0.05, 0) is 54.4 Å². The minimum atomic E-state index is -4.65. The Balaban J connectivity index is 1.32. The van der Waals surface area contributed by atoms with E-state index in [0.29, 0.717) is 10.9 Å². The van der Waals surface area contributed by atoms with Crippen LogP contribution in [0.25, 0.3) is 27.6 Å². The van der Waals surface area contributed by atoms with Crippen LogP contribution in [0.3, 0.4) is 0 Å². The molecule has 16 heteroatoms. The zero-order chi connectivity index (χ0) is 35.2. The molecule has 6 rings (SSSR count). The number of anilines is 1. The molecule has 1 aliphatic heterocycles. The van der Waals surface area contributed by atoms with Crippen LogP contribution in [0, 0.1) is 12.7 Å². The molecule has 0 bridgehead atoms. The zero-order valence-corrected chi connectivity index (χ0v) is 26.0. The van der Waals surface area contributed by atoms with E-state index in [0.717, 1.165) is 15.5 Å². The fourth-order valence-corrected chi connectivity index (χ4v) is 6.08. The molecule has 12 nitrogen and oxygen atoms in total. The minimum Gasteiger partial charge on any atom is -0.480 e. The number of morpholine rings is 1. The number of rotatable bonds is 7. The van der Waals surface area contributed by atoms with Gasteiger partial charge in [0, 0.05) is 43.5 Å². The number of alkyl halides is 3. The molecule has 1 amide bonds. The molecule has 1 fully saturated rings. The molecule has 0 aliphatic carbocycles. The fourth-order valence-electron chi connectivity index (χ4n) is 6.08. The van der Waals surface area contributed by atoms with Crippen LogP contribution in [0.2, 0.25) is 0 Å². The Bertz CT molecular complexity index is 2230. The maximum Gasteiger partial charge on any atom is 0.411 e. The van der Waals surface area contributed by atoms with Gasteiger partial charge in [0.2, 0.25) is 0 Å². The number of aromatic nitrogens is 4. The lowest BCUT2D eigenvalue weighted by molar-refractivity contribution is -0.167. The molecule has 3 aromatic heterocycles. The summed E-state index contributed by atoms with van der Waals surface area (Å²) in [6.45, 7) is 0.547. The van der Waals surface area contributed by atoms with E-state index in [9.17, 15) is 37.5 Å². The van der Waals surface area contributed by atoms with E-state index < -0.39 is 59.4 Å². The summed E-state index contributed by atoms with van der Waals surface area (Å²) in [5, 5.41) is 12.9. The number of carboxylic acids is 1. The van der Waals surface area contributed by atoms with Crippen molar-refractivity contribution in [1.29, 1.82) is 0 Å². The topological polar surface area (TPSA) is 149 Å². The number of ether oxygens (including phenoxy) is 1. The number of fused-ring (bicyclic) bond motifs is 2. The first-order chi connectivity index (χ1) is 23.3. The Hall–Kier alpha value is -5.64. The first-order valence-corrected chi connectivity index (χ1v) is 15.0. The van der Waals surface area contributed by atoms with Crippen molar-refractivity contribution in [1.82, 2.24) is 24.4 Å². The Morgan fingerprint density at radius 1 is 1.08 bits per heavy atom. The molecule has 0 spiro atoms. The number of carbonyl (C=O) groups is 2. The number of hydrogen-bond acceptors (Lipinski definition) is 8. The highest BCUT2D eigenvalue weighted by atomic mass is 19.4. The van der Waals surface area contributed by atoms with Crippen LogP contribution >= 0.6 is 0 Å². The Morgan fingerprint density at radius 3 is 2.49 bits per heavy atom. The SMILES string of the molecule is Cc1cc(N2CCOCC2C(F)(F)F)cc(F)c1C(=O)NC(Cc1ccc(-n2c(=O)c3cccnc3n(C)c2=O)c2ncccc12)C(=O)O. The molecule has 1 aliphatic rings. The van der Waals surface area contributed by atoms with E-state index in [4.69, 9.17) is 4.74 Å². The molecule has 254 valence electrons. The number of hydrogen-bond donors (Lipinski definition) is 2. The molecule has 5 aromatic rings. The van der Waals surface area contributed by atoms with Crippen molar-refractivity contribution in [2.24, 2.45) is 7.05 Å². The van der Waals surface area contributed by atoms with Crippen LogP contribution in [0.15, 0.2) is 70.5 Å². The molecule has 1 saturated heterocycles. The number of carbonyl (C=O) groups excluding carboxylic acids is 1. The van der Waals surface area contributed by atoms with Crippen LogP contribution in [0.4, 0.5) is 23.2 Å². The summed E-state index contributed by atoms with van der Waals surface area (Å²) in [6, 6.07) is 7.69. The van der Waals surface area contributed by atoms with E-state index in [-0.39, 0.29) is 53.1 Å². The van der Waals surface area contributed by atoms with Crippen molar-refractivity contribution in [3.8, 4) is 5.69 Å². The van der Waals surface area contributed by atoms with Crippen molar-refractivity contribution in [3.05, 3.63) is 104 Å². The minimum absolute atomic E-state index is 0.000616. The van der Waals surface area contributed by atoms with Crippen LogP contribution in [0.1, 0.15) is 21.5 Å². The number of aryl methyl sites for hydroxylation is 2. The summed E-state index contributed by atoms with van der Waals surface area (Å²) in [5.74, 6) is -3.65. The predicted octanol–water partition coefficient (Wildman–Crippen LogP) is 3.27. The molecular formula is C33H28F4N6O6. The lowest BCUT2D eigenvalue weighted by Crippen LogP contribution is -2.53. The molecule has 0 saturated carbocycles. The molecule has 2 aromatic carbocycles. The normalized spacial score (nSPS) is 15.8. The summed E-state index contributed by atoms with van der Waals surface area (Å²) in [7, 11) is 1.47. The van der Waals surface area contributed by atoms with E-state index in [1.807, 2.05) is 0 Å². The van der Waals surface area contributed by atoms with Crippen LogP contribution in [0.5, 0.6) is 0 Å². The third kappa shape index (κ3) is 6.10. The second-order valence-corrected chi connectivity index (χ2v) is 11.5. The van der Waals surface area contributed by atoms with Gasteiger partial charge >= 0.3 is 17.8 Å². The summed E-state index contributed by atoms with van der Waals surface area (Å²) in [4.78, 5) is 61.9. The van der Waals surface area contributed by atoms with Gasteiger partial charge in [0.1, 0.15) is 23.5 Å². The highest BCUT2D eigenvalue weighted by molar-refractivity contribution is 5.99. The molecule has 2 atom stereocenters. The Kier molecular flexibility index (Phi) is 8.66. The van der Waals surface area contributed by atoms with E-state index in [1.54, 1.807) is 18.2 Å². The fraction of sp³-hybridized carbons (Fsp3) is 0.273. The number of aliphatic carboxylic acids is 1. The third-order valence-electron chi connectivity index (χ3n) is 8.46. The largest absolute Gasteiger partial charge is 0.480 e. The zero-order valence-electron chi connectivity index (χ0n) is 26.0. The van der Waals surface area contributed by atoms with Crippen molar-refractivity contribution in [3.63, 3.8) is 0 Å². The van der Waals surface area contributed by atoms with Gasteiger partial charge in [-0.15, -0.1) is 0 Å². The lowest BCUT2D eigenvalue weighted by Gasteiger charge is -2.38. The standard InChI is InChI=1S/C33H28F4N6O6/c1-17-13-19(42-11-12-49-16-25(42)33(35,36)37)15-22(34)26(17)29(44)40-23(31(46)47)14-18-7-8-24(27-20(18)5-3-9-38-27)43-30(45)21-6-4-10-39-28(21)41(2)32(43)48/h3-10,13,15,23,25H,11-12,14,16H2,1-2H3,(H,40,44)(H,46,47). The van der Waals surface area contributed by atoms with Gasteiger partial charge in [-0.25, -0.2) is 23.5 Å². The van der Waals surface area contributed by atoms with Gasteiger partial charge in [0.25, 0.3) is 11.5 Å². The van der Waals surface area contributed by atoms with Crippen LogP contribution < -0.4 is 21.5 Å². The van der Waals surface area contributed by atoms with Gasteiger partial charge in [-0.3, -0.25) is 19.1 Å². The Labute approximate surface area is 274 Å². The number of benzene rings is 2. The summed E-state index contributed by atoms with van der Waals surface area (Å²) >= 11 is 0. The number of nitrogens with zero attached hydrogens (tertiary/aromatic N) is 5. The number of halogens is 4.